The minimum Gasteiger partial charge on any atom is -0.368 e. The summed E-state index contributed by atoms with van der Waals surface area (Å²) < 4.78 is 0. The highest BCUT2D eigenvalue weighted by molar-refractivity contribution is 5.68. The van der Waals surface area contributed by atoms with Crippen molar-refractivity contribution in [2.45, 2.75) is 19.8 Å². The Kier molecular flexibility index (Phi) is 2.05. The predicted molar refractivity (Wildman–Crippen MR) is 32.6 cm³/mol. The summed E-state index contributed by atoms with van der Waals surface area (Å²) in [6.45, 7) is 3.61. The molecule has 1 rings (SSSR count). The van der Waals surface area contributed by atoms with Gasteiger partial charge in [0.2, 0.25) is 0 Å². The molecule has 0 bridgehead atoms. The Hall–Kier alpha value is -0.570. The topological polar surface area (TPSA) is 29.5 Å². The fraction of sp³-hybridized carbons (Fsp3) is 0.833. The summed E-state index contributed by atoms with van der Waals surface area (Å²) in [7, 11) is 0. The van der Waals surface area contributed by atoms with Gasteiger partial charge in [-0.25, -0.2) is 0 Å². The van der Waals surface area contributed by atoms with Crippen LogP contribution in [0.3, 0.4) is 0 Å². The first-order valence-electron chi connectivity index (χ1n) is 3.28. The Morgan fingerprint density at radius 3 is 2.67 bits per heavy atom. The molecule has 0 aromatic rings. The first kappa shape index (κ1) is 6.55. The molecule has 0 spiro atoms. The summed E-state index contributed by atoms with van der Waals surface area (Å²) in [6, 6.07) is 0. The second kappa shape index (κ2) is 2.82. The molecule has 0 aromatic heterocycles. The van der Waals surface area contributed by atoms with Gasteiger partial charge in [-0.05, 0) is 6.42 Å². The second-order valence-corrected chi connectivity index (χ2v) is 2.10. The van der Waals surface area contributed by atoms with Crippen LogP contribution in [0, 0.1) is 0 Å². The minimum atomic E-state index is -0.130. The highest BCUT2D eigenvalue weighted by Gasteiger charge is 2.16. The fourth-order valence-electron chi connectivity index (χ4n) is 0.587. The van der Waals surface area contributed by atoms with Crippen LogP contribution < -0.4 is 0 Å². The Balaban J connectivity index is 2.09. The van der Waals surface area contributed by atoms with Crippen LogP contribution in [-0.4, -0.2) is 24.1 Å². The third kappa shape index (κ3) is 1.68. The summed E-state index contributed by atoms with van der Waals surface area (Å²) in [5.41, 5.74) is 0. The summed E-state index contributed by atoms with van der Waals surface area (Å²) >= 11 is 0. The lowest BCUT2D eigenvalue weighted by Crippen LogP contribution is -2.38. The fourth-order valence-corrected chi connectivity index (χ4v) is 0.587. The lowest BCUT2D eigenvalue weighted by Gasteiger charge is -2.28. The van der Waals surface area contributed by atoms with E-state index in [1.807, 2.05) is 0 Å². The van der Waals surface area contributed by atoms with Gasteiger partial charge in [0, 0.05) is 19.5 Å². The van der Waals surface area contributed by atoms with E-state index in [2.05, 4.69) is 0 Å². The van der Waals surface area contributed by atoms with Gasteiger partial charge in [-0.2, -0.15) is 0 Å². The number of hydrogen-bond acceptors (Lipinski definition) is 3. The maximum atomic E-state index is 10.6. The van der Waals surface area contributed by atoms with Crippen molar-refractivity contribution in [1.82, 2.24) is 5.06 Å². The van der Waals surface area contributed by atoms with E-state index in [1.165, 1.54) is 0 Å². The Labute approximate surface area is 54.5 Å². The summed E-state index contributed by atoms with van der Waals surface area (Å²) in [5, 5.41) is 1.69. The average molecular weight is 129 g/mol. The molecule has 0 amide bonds. The van der Waals surface area contributed by atoms with Crippen molar-refractivity contribution < 1.29 is 9.63 Å². The first-order chi connectivity index (χ1) is 4.33. The molecule has 1 aliphatic rings. The van der Waals surface area contributed by atoms with E-state index in [-0.39, 0.29) is 5.97 Å². The van der Waals surface area contributed by atoms with Crippen LogP contribution in [0.5, 0.6) is 0 Å². The summed E-state index contributed by atoms with van der Waals surface area (Å²) in [5.74, 6) is -0.130. The normalized spacial score (nSPS) is 18.8. The molecule has 1 fully saturated rings. The molecular formula is C6H11NO2. The van der Waals surface area contributed by atoms with Crippen molar-refractivity contribution in [2.75, 3.05) is 13.1 Å². The molecule has 9 heavy (non-hydrogen) atoms. The highest BCUT2D eigenvalue weighted by atomic mass is 16.7. The second-order valence-electron chi connectivity index (χ2n) is 2.10. The third-order valence-electron chi connectivity index (χ3n) is 1.33. The number of nitrogens with zero attached hydrogens (tertiary/aromatic N) is 1. The molecule has 0 saturated carbocycles. The molecule has 0 aromatic carbocycles. The molecule has 0 atom stereocenters. The zero-order chi connectivity index (χ0) is 6.69. The molecule has 1 aliphatic heterocycles. The molecule has 0 N–H and O–H groups in total. The Bertz CT molecular complexity index is 110. The highest BCUT2D eigenvalue weighted by Crippen LogP contribution is 2.06. The summed E-state index contributed by atoms with van der Waals surface area (Å²) in [4.78, 5) is 15.4. The molecule has 3 nitrogen and oxygen atoms in total. The van der Waals surface area contributed by atoms with Gasteiger partial charge in [-0.3, -0.25) is 4.79 Å². The van der Waals surface area contributed by atoms with E-state index >= 15 is 0 Å². The maximum Gasteiger partial charge on any atom is 0.324 e. The molecule has 0 unspecified atom stereocenters. The van der Waals surface area contributed by atoms with Gasteiger partial charge in [-0.1, -0.05) is 6.92 Å². The van der Waals surface area contributed by atoms with Crippen LogP contribution in [0.4, 0.5) is 0 Å². The molecule has 52 valence electrons. The van der Waals surface area contributed by atoms with Crippen LogP contribution in [0.2, 0.25) is 0 Å². The maximum absolute atomic E-state index is 10.6. The van der Waals surface area contributed by atoms with Gasteiger partial charge in [0.05, 0.1) is 0 Å². The molecule has 0 aliphatic carbocycles. The van der Waals surface area contributed by atoms with Gasteiger partial charge < -0.3 is 4.84 Å². The molecular weight excluding hydrogens is 118 g/mol. The van der Waals surface area contributed by atoms with Gasteiger partial charge in [0.1, 0.15) is 0 Å². The number of rotatable bonds is 2. The largest absolute Gasteiger partial charge is 0.368 e. The van der Waals surface area contributed by atoms with Crippen LogP contribution in [0.25, 0.3) is 0 Å². The van der Waals surface area contributed by atoms with Gasteiger partial charge in [-0.15, -0.1) is 5.06 Å². The Morgan fingerprint density at radius 2 is 2.33 bits per heavy atom. The summed E-state index contributed by atoms with van der Waals surface area (Å²) in [6.07, 6.45) is 1.62. The van der Waals surface area contributed by atoms with Crippen molar-refractivity contribution >= 4 is 5.97 Å². The van der Waals surface area contributed by atoms with Gasteiger partial charge in [0.25, 0.3) is 0 Å². The van der Waals surface area contributed by atoms with Crippen LogP contribution in [-0.2, 0) is 9.63 Å². The first-order valence-corrected chi connectivity index (χ1v) is 3.28. The average Bonchev–Trinajstić information content (AvgIpc) is 1.78. The van der Waals surface area contributed by atoms with Gasteiger partial charge in [0.15, 0.2) is 0 Å². The van der Waals surface area contributed by atoms with Crippen LogP contribution in [0.1, 0.15) is 19.8 Å². The Morgan fingerprint density at radius 1 is 1.67 bits per heavy atom. The van der Waals surface area contributed by atoms with Crippen molar-refractivity contribution in [3.8, 4) is 0 Å². The van der Waals surface area contributed by atoms with Crippen molar-refractivity contribution in [3.05, 3.63) is 0 Å². The molecule has 1 saturated heterocycles. The van der Waals surface area contributed by atoms with Crippen molar-refractivity contribution in [3.63, 3.8) is 0 Å². The zero-order valence-electron chi connectivity index (χ0n) is 5.59. The van der Waals surface area contributed by atoms with E-state index < -0.39 is 0 Å². The standard InChI is InChI=1S/C6H11NO2/c1-2-6(8)9-7-4-3-5-7/h2-5H2,1H3. The zero-order valence-corrected chi connectivity index (χ0v) is 5.59. The third-order valence-corrected chi connectivity index (χ3v) is 1.33. The number of carbonyl (C=O) groups excluding carboxylic acids is 1. The van der Waals surface area contributed by atoms with E-state index in [0.717, 1.165) is 19.5 Å². The SMILES string of the molecule is CCC(=O)ON1CCC1. The lowest BCUT2D eigenvalue weighted by atomic mass is 10.3. The lowest BCUT2D eigenvalue weighted by molar-refractivity contribution is -0.207. The van der Waals surface area contributed by atoms with E-state index in [0.29, 0.717) is 6.42 Å². The molecule has 3 heteroatoms. The monoisotopic (exact) mass is 129 g/mol. The number of carbonyl (C=O) groups is 1. The van der Waals surface area contributed by atoms with Crippen LogP contribution in [0.15, 0.2) is 0 Å². The minimum absolute atomic E-state index is 0.130. The van der Waals surface area contributed by atoms with E-state index in [1.54, 1.807) is 12.0 Å². The van der Waals surface area contributed by atoms with E-state index in [4.69, 9.17) is 4.84 Å². The predicted octanol–water partition coefficient (Wildman–Crippen LogP) is 0.560. The van der Waals surface area contributed by atoms with Gasteiger partial charge >= 0.3 is 5.97 Å². The van der Waals surface area contributed by atoms with Crippen molar-refractivity contribution in [1.29, 1.82) is 0 Å². The smallest absolute Gasteiger partial charge is 0.324 e. The van der Waals surface area contributed by atoms with E-state index in [9.17, 15) is 4.79 Å². The molecule has 0 radical (unpaired) electrons. The number of hydroxylamine groups is 2. The van der Waals surface area contributed by atoms with Crippen LogP contribution >= 0.6 is 0 Å². The number of hydrogen-bond donors (Lipinski definition) is 0. The van der Waals surface area contributed by atoms with Crippen molar-refractivity contribution in [2.24, 2.45) is 0 Å². The quantitative estimate of drug-likeness (QED) is 0.545. The molecule has 1 heterocycles.